The highest BCUT2D eigenvalue weighted by Gasteiger charge is 2.34. The summed E-state index contributed by atoms with van der Waals surface area (Å²) in [6.45, 7) is 1.18. The van der Waals surface area contributed by atoms with Crippen LogP contribution in [0.3, 0.4) is 0 Å². The highest BCUT2D eigenvalue weighted by atomic mass is 35.5. The molecule has 0 saturated carbocycles. The molecule has 0 unspecified atom stereocenters. The number of aliphatic hydroxyl groups excluding tert-OH is 1. The molecule has 9 nitrogen and oxygen atoms in total. The van der Waals surface area contributed by atoms with Gasteiger partial charge in [0.2, 0.25) is 23.6 Å². The molecule has 22 heavy (non-hydrogen) atoms. The van der Waals surface area contributed by atoms with Crippen molar-refractivity contribution in [3.05, 3.63) is 0 Å². The lowest BCUT2D eigenvalue weighted by molar-refractivity contribution is -0.151. The maximum atomic E-state index is 12.0. The van der Waals surface area contributed by atoms with Gasteiger partial charge in [-0.25, -0.2) is 0 Å². The number of nitrogens with zero attached hydrogens (tertiary/aromatic N) is 1. The molecule has 10 heteroatoms. The van der Waals surface area contributed by atoms with E-state index in [4.69, 9.17) is 28.2 Å². The summed E-state index contributed by atoms with van der Waals surface area (Å²) in [6, 6.07) is -2.35. The highest BCUT2D eigenvalue weighted by molar-refractivity contribution is 6.28. The van der Waals surface area contributed by atoms with Crippen LogP contribution in [0.25, 0.3) is 0 Å². The van der Waals surface area contributed by atoms with E-state index in [1.54, 1.807) is 0 Å². The molecular weight excluding hydrogens is 316 g/mol. The standard InChI is InChI=1S/C12H21ClN4O5/c1-7(14)12(22)17(10(20)6-13)8(11(15)21)2-3-9(19)16-4-5-18/h7-8,18H,2-6,14H2,1H3,(H2,15,21)(H,16,19)/t7-,8+/m0/s1. The van der Waals surface area contributed by atoms with E-state index in [0.29, 0.717) is 4.90 Å². The van der Waals surface area contributed by atoms with E-state index in [-0.39, 0.29) is 26.0 Å². The molecule has 0 saturated heterocycles. The van der Waals surface area contributed by atoms with Crippen LogP contribution in [0.4, 0.5) is 0 Å². The Bertz CT molecular complexity index is 430. The Kier molecular flexibility index (Phi) is 9.31. The first kappa shape index (κ1) is 20.3. The molecule has 2 atom stereocenters. The topological polar surface area (TPSA) is 156 Å². The van der Waals surface area contributed by atoms with Crippen molar-refractivity contribution < 1.29 is 24.3 Å². The minimum atomic E-state index is -1.32. The lowest BCUT2D eigenvalue weighted by Gasteiger charge is -2.28. The molecule has 0 aliphatic rings. The fourth-order valence-corrected chi connectivity index (χ4v) is 1.81. The van der Waals surface area contributed by atoms with Gasteiger partial charge < -0.3 is 21.9 Å². The Hall–Kier alpha value is -1.71. The van der Waals surface area contributed by atoms with E-state index in [2.05, 4.69) is 5.32 Å². The van der Waals surface area contributed by atoms with Crippen LogP contribution in [0, 0.1) is 0 Å². The second-order valence-electron chi connectivity index (χ2n) is 4.55. The third-order valence-corrected chi connectivity index (χ3v) is 2.96. The first-order chi connectivity index (χ1) is 10.3. The number of hydrogen-bond donors (Lipinski definition) is 4. The number of hydrogen-bond acceptors (Lipinski definition) is 6. The summed E-state index contributed by atoms with van der Waals surface area (Å²) < 4.78 is 0. The van der Waals surface area contributed by atoms with Crippen molar-refractivity contribution in [1.29, 1.82) is 0 Å². The quantitative estimate of drug-likeness (QED) is 0.346. The third-order valence-electron chi connectivity index (χ3n) is 2.73. The average Bonchev–Trinajstić information content (AvgIpc) is 2.47. The molecule has 0 fully saturated rings. The van der Waals surface area contributed by atoms with E-state index >= 15 is 0 Å². The second-order valence-corrected chi connectivity index (χ2v) is 4.82. The molecule has 0 bridgehead atoms. The summed E-state index contributed by atoms with van der Waals surface area (Å²) in [5, 5.41) is 11.0. The van der Waals surface area contributed by atoms with Gasteiger partial charge in [0.25, 0.3) is 0 Å². The van der Waals surface area contributed by atoms with Gasteiger partial charge in [-0.05, 0) is 13.3 Å². The number of nitrogens with two attached hydrogens (primary N) is 2. The molecule has 0 radical (unpaired) electrons. The summed E-state index contributed by atoms with van der Waals surface area (Å²) in [6.07, 6.45) is -0.320. The molecule has 6 N–H and O–H groups in total. The van der Waals surface area contributed by atoms with Crippen LogP contribution in [0.2, 0.25) is 0 Å². The maximum absolute atomic E-state index is 12.0. The first-order valence-corrected chi connectivity index (χ1v) is 7.14. The molecule has 0 aliphatic carbocycles. The Morgan fingerprint density at radius 2 is 1.91 bits per heavy atom. The Labute approximate surface area is 132 Å². The molecule has 126 valence electrons. The summed E-state index contributed by atoms with van der Waals surface area (Å²) in [7, 11) is 0. The number of amides is 4. The van der Waals surface area contributed by atoms with Crippen molar-refractivity contribution >= 4 is 35.2 Å². The number of carbonyl (C=O) groups excluding carboxylic acids is 4. The van der Waals surface area contributed by atoms with Gasteiger partial charge in [0.05, 0.1) is 12.6 Å². The SMILES string of the molecule is C[C@H](N)C(=O)N(C(=O)CCl)[C@H](CCC(=O)NCCO)C(N)=O. The van der Waals surface area contributed by atoms with Gasteiger partial charge in [-0.2, -0.15) is 0 Å². The van der Waals surface area contributed by atoms with Crippen molar-refractivity contribution in [1.82, 2.24) is 10.2 Å². The third kappa shape index (κ3) is 6.37. The first-order valence-electron chi connectivity index (χ1n) is 6.60. The molecule has 0 aromatic heterocycles. The van der Waals surface area contributed by atoms with Crippen LogP contribution in [-0.4, -0.2) is 64.8 Å². The number of alkyl halides is 1. The predicted octanol–water partition coefficient (Wildman–Crippen LogP) is -2.33. The molecule has 0 rings (SSSR count). The van der Waals surface area contributed by atoms with Crippen LogP contribution < -0.4 is 16.8 Å². The van der Waals surface area contributed by atoms with Crippen molar-refractivity contribution in [3.8, 4) is 0 Å². The zero-order valence-corrected chi connectivity index (χ0v) is 13.0. The summed E-state index contributed by atoms with van der Waals surface area (Å²) >= 11 is 5.43. The second kappa shape index (κ2) is 10.1. The number of imide groups is 1. The van der Waals surface area contributed by atoms with Gasteiger partial charge >= 0.3 is 0 Å². The fraction of sp³-hybridized carbons (Fsp3) is 0.667. The van der Waals surface area contributed by atoms with Gasteiger partial charge in [0.15, 0.2) is 0 Å². The minimum absolute atomic E-state index is 0.0587. The maximum Gasteiger partial charge on any atom is 0.246 e. The summed E-state index contributed by atoms with van der Waals surface area (Å²) in [4.78, 5) is 47.4. The number of halogens is 1. The minimum Gasteiger partial charge on any atom is -0.395 e. The van der Waals surface area contributed by atoms with E-state index in [1.165, 1.54) is 6.92 Å². The van der Waals surface area contributed by atoms with E-state index in [0.717, 1.165) is 0 Å². The molecular formula is C12H21ClN4O5. The predicted molar refractivity (Wildman–Crippen MR) is 78.5 cm³/mol. The molecule has 0 heterocycles. The van der Waals surface area contributed by atoms with Crippen molar-refractivity contribution in [2.45, 2.75) is 31.8 Å². The van der Waals surface area contributed by atoms with Crippen LogP contribution >= 0.6 is 11.6 Å². The smallest absolute Gasteiger partial charge is 0.246 e. The number of nitrogens with one attached hydrogen (secondary N) is 1. The van der Waals surface area contributed by atoms with Gasteiger partial charge in [0, 0.05) is 13.0 Å². The zero-order chi connectivity index (χ0) is 17.3. The van der Waals surface area contributed by atoms with E-state index in [9.17, 15) is 19.2 Å². The number of carbonyl (C=O) groups is 4. The molecule has 0 spiro atoms. The van der Waals surface area contributed by atoms with Crippen LogP contribution in [-0.2, 0) is 19.2 Å². The van der Waals surface area contributed by atoms with Crippen LogP contribution in [0.1, 0.15) is 19.8 Å². The van der Waals surface area contributed by atoms with Crippen molar-refractivity contribution in [3.63, 3.8) is 0 Å². The van der Waals surface area contributed by atoms with E-state index < -0.39 is 41.6 Å². The monoisotopic (exact) mass is 336 g/mol. The van der Waals surface area contributed by atoms with E-state index in [1.807, 2.05) is 0 Å². The van der Waals surface area contributed by atoms with Gasteiger partial charge in [-0.15, -0.1) is 11.6 Å². The summed E-state index contributed by atoms with van der Waals surface area (Å²) in [5.74, 6) is -3.54. The normalized spacial score (nSPS) is 13.1. The molecule has 0 aliphatic heterocycles. The van der Waals surface area contributed by atoms with Crippen LogP contribution in [0.15, 0.2) is 0 Å². The Morgan fingerprint density at radius 3 is 2.32 bits per heavy atom. The van der Waals surface area contributed by atoms with Gasteiger partial charge in [-0.1, -0.05) is 0 Å². The number of aliphatic hydroxyl groups is 1. The van der Waals surface area contributed by atoms with Crippen molar-refractivity contribution in [2.75, 3.05) is 19.0 Å². The van der Waals surface area contributed by atoms with Crippen LogP contribution in [0.5, 0.6) is 0 Å². The van der Waals surface area contributed by atoms with Gasteiger partial charge in [0.1, 0.15) is 11.9 Å². The Balaban J connectivity index is 5.07. The highest BCUT2D eigenvalue weighted by Crippen LogP contribution is 2.11. The molecule has 0 aromatic rings. The molecule has 0 aromatic carbocycles. The average molecular weight is 337 g/mol. The molecule has 4 amide bonds. The van der Waals surface area contributed by atoms with Crippen molar-refractivity contribution in [2.24, 2.45) is 11.5 Å². The number of rotatable bonds is 9. The lowest BCUT2D eigenvalue weighted by atomic mass is 10.1. The Morgan fingerprint density at radius 1 is 1.32 bits per heavy atom. The fourth-order valence-electron chi connectivity index (χ4n) is 1.68. The zero-order valence-electron chi connectivity index (χ0n) is 12.3. The number of primary amides is 1. The summed E-state index contributed by atoms with van der Waals surface area (Å²) in [5.41, 5.74) is 10.7. The lowest BCUT2D eigenvalue weighted by Crippen LogP contribution is -2.55. The largest absolute Gasteiger partial charge is 0.395 e. The van der Waals surface area contributed by atoms with Gasteiger partial charge in [-0.3, -0.25) is 24.1 Å².